The van der Waals surface area contributed by atoms with Gasteiger partial charge < -0.3 is 8.83 Å². The number of benzene rings is 7. The van der Waals surface area contributed by atoms with E-state index in [0.717, 1.165) is 60.5 Å². The van der Waals surface area contributed by atoms with E-state index in [9.17, 15) is 0 Å². The highest BCUT2D eigenvalue weighted by Crippen LogP contribution is 2.41. The molecule has 49 heavy (non-hydrogen) atoms. The Kier molecular flexibility index (Phi) is 6.16. The standard InChI is InChI=1S/C43H24ClN3O2/c44-34-22-23-37-38(32-11-4-6-15-36(32)48-37)39(34)43-46-41(27-19-16-26(17-20-27)29-21-18-25-8-1-2-9-28(25)24-29)45-42(47-43)33-13-7-12-31-30-10-3-5-14-35(30)49-40(31)33/h1-24H. The number of hydrogen-bond acceptors (Lipinski definition) is 5. The van der Waals surface area contributed by atoms with Gasteiger partial charge in [0.2, 0.25) is 0 Å². The monoisotopic (exact) mass is 649 g/mol. The lowest BCUT2D eigenvalue weighted by molar-refractivity contribution is 0.668. The molecular formula is C43H24ClN3O2. The summed E-state index contributed by atoms with van der Waals surface area (Å²) >= 11 is 7.01. The Hall–Kier alpha value is -6.30. The Morgan fingerprint density at radius 1 is 0.429 bits per heavy atom. The third-order valence-electron chi connectivity index (χ3n) is 9.22. The molecule has 0 N–H and O–H groups in total. The molecule has 3 heterocycles. The molecule has 0 bridgehead atoms. The Balaban J connectivity index is 1.19. The lowest BCUT2D eigenvalue weighted by Crippen LogP contribution is -2.01. The van der Waals surface area contributed by atoms with Crippen molar-refractivity contribution >= 4 is 66.3 Å². The molecule has 0 spiro atoms. The molecule has 6 heteroatoms. The van der Waals surface area contributed by atoms with Gasteiger partial charge in [-0.2, -0.15) is 0 Å². The highest BCUT2D eigenvalue weighted by molar-refractivity contribution is 6.36. The van der Waals surface area contributed by atoms with Crippen LogP contribution in [0.15, 0.2) is 154 Å². The quantitative estimate of drug-likeness (QED) is 0.190. The molecule has 3 aromatic heterocycles. The van der Waals surface area contributed by atoms with Crippen LogP contribution in [0.25, 0.3) is 99.9 Å². The summed E-state index contributed by atoms with van der Waals surface area (Å²) in [5.41, 5.74) is 7.57. The molecule has 10 aromatic rings. The van der Waals surface area contributed by atoms with Crippen molar-refractivity contribution in [3.8, 4) is 45.3 Å². The number of aromatic nitrogens is 3. The van der Waals surface area contributed by atoms with E-state index < -0.39 is 0 Å². The van der Waals surface area contributed by atoms with Crippen molar-refractivity contribution in [1.82, 2.24) is 15.0 Å². The first-order valence-electron chi connectivity index (χ1n) is 16.0. The number of hydrogen-bond donors (Lipinski definition) is 0. The van der Waals surface area contributed by atoms with Crippen molar-refractivity contribution in [3.05, 3.63) is 151 Å². The zero-order valence-electron chi connectivity index (χ0n) is 25.9. The summed E-state index contributed by atoms with van der Waals surface area (Å²) in [5.74, 6) is 1.47. The van der Waals surface area contributed by atoms with Crippen LogP contribution in [0.5, 0.6) is 0 Å². The molecule has 0 unspecified atom stereocenters. The van der Waals surface area contributed by atoms with Crippen LogP contribution in [-0.4, -0.2) is 15.0 Å². The minimum Gasteiger partial charge on any atom is -0.456 e. The predicted octanol–water partition coefficient (Wildman–Crippen LogP) is 12.1. The van der Waals surface area contributed by atoms with Crippen molar-refractivity contribution in [1.29, 1.82) is 0 Å². The van der Waals surface area contributed by atoms with Gasteiger partial charge in [0, 0.05) is 32.7 Å². The maximum Gasteiger partial charge on any atom is 0.167 e. The second-order valence-corrected chi connectivity index (χ2v) is 12.5. The van der Waals surface area contributed by atoms with Gasteiger partial charge in [-0.25, -0.2) is 15.0 Å². The average molecular weight is 650 g/mol. The molecule has 10 rings (SSSR count). The van der Waals surface area contributed by atoms with Gasteiger partial charge in [-0.05, 0) is 58.3 Å². The minimum atomic E-state index is 0.453. The second-order valence-electron chi connectivity index (χ2n) is 12.1. The predicted molar refractivity (Wildman–Crippen MR) is 199 cm³/mol. The molecule has 0 saturated carbocycles. The Labute approximate surface area is 285 Å². The van der Waals surface area contributed by atoms with E-state index in [1.54, 1.807) is 0 Å². The summed E-state index contributed by atoms with van der Waals surface area (Å²) in [6, 6.07) is 49.0. The minimum absolute atomic E-state index is 0.453. The van der Waals surface area contributed by atoms with Crippen molar-refractivity contribution in [2.45, 2.75) is 0 Å². The largest absolute Gasteiger partial charge is 0.456 e. The van der Waals surface area contributed by atoms with Crippen LogP contribution in [0.1, 0.15) is 0 Å². The van der Waals surface area contributed by atoms with Crippen molar-refractivity contribution in [2.24, 2.45) is 0 Å². The summed E-state index contributed by atoms with van der Waals surface area (Å²) in [5, 5.41) is 6.78. The van der Waals surface area contributed by atoms with E-state index in [1.807, 2.05) is 66.7 Å². The second kappa shape index (κ2) is 10.9. The molecule has 230 valence electrons. The van der Waals surface area contributed by atoms with Gasteiger partial charge >= 0.3 is 0 Å². The third-order valence-corrected chi connectivity index (χ3v) is 9.54. The number of fused-ring (bicyclic) bond motifs is 7. The van der Waals surface area contributed by atoms with E-state index in [1.165, 1.54) is 10.8 Å². The summed E-state index contributed by atoms with van der Waals surface area (Å²) in [4.78, 5) is 15.3. The number of halogens is 1. The van der Waals surface area contributed by atoms with Crippen LogP contribution < -0.4 is 0 Å². The fourth-order valence-corrected chi connectivity index (χ4v) is 7.09. The molecule has 0 amide bonds. The Bertz CT molecular complexity index is 2910. The van der Waals surface area contributed by atoms with Crippen molar-refractivity contribution in [2.75, 3.05) is 0 Å². The van der Waals surface area contributed by atoms with Crippen LogP contribution in [0.4, 0.5) is 0 Å². The lowest BCUT2D eigenvalue weighted by atomic mass is 10.00. The molecule has 0 aliphatic carbocycles. The van der Waals surface area contributed by atoms with Crippen LogP contribution >= 0.6 is 11.6 Å². The Morgan fingerprint density at radius 2 is 1.08 bits per heavy atom. The number of furan rings is 2. The summed E-state index contributed by atoms with van der Waals surface area (Å²) in [6.07, 6.45) is 0. The summed E-state index contributed by atoms with van der Waals surface area (Å²) < 4.78 is 12.6. The van der Waals surface area contributed by atoms with E-state index in [0.29, 0.717) is 33.6 Å². The van der Waals surface area contributed by atoms with Crippen molar-refractivity contribution < 1.29 is 8.83 Å². The topological polar surface area (TPSA) is 65.0 Å². The number of nitrogens with zero attached hydrogens (tertiary/aromatic N) is 3. The van der Waals surface area contributed by atoms with Gasteiger partial charge in [-0.15, -0.1) is 0 Å². The van der Waals surface area contributed by atoms with E-state index in [4.69, 9.17) is 35.4 Å². The van der Waals surface area contributed by atoms with Crippen LogP contribution in [-0.2, 0) is 0 Å². The highest BCUT2D eigenvalue weighted by Gasteiger charge is 2.22. The highest BCUT2D eigenvalue weighted by atomic mass is 35.5. The van der Waals surface area contributed by atoms with Crippen LogP contribution in [0.2, 0.25) is 5.02 Å². The van der Waals surface area contributed by atoms with Crippen LogP contribution in [0, 0.1) is 0 Å². The SMILES string of the molecule is Clc1ccc2oc3ccccc3c2c1-c1nc(-c2ccc(-c3ccc4ccccc4c3)cc2)nc(-c2cccc3c2oc2ccccc23)n1. The normalized spacial score (nSPS) is 11.8. The van der Waals surface area contributed by atoms with Gasteiger partial charge in [0.05, 0.1) is 10.6 Å². The van der Waals surface area contributed by atoms with E-state index >= 15 is 0 Å². The molecule has 5 nitrogen and oxygen atoms in total. The first kappa shape index (κ1) is 27.8. The smallest absolute Gasteiger partial charge is 0.167 e. The molecule has 0 saturated heterocycles. The lowest BCUT2D eigenvalue weighted by Gasteiger charge is -2.11. The maximum atomic E-state index is 7.01. The molecule has 0 aliphatic heterocycles. The van der Waals surface area contributed by atoms with Gasteiger partial charge in [0.25, 0.3) is 0 Å². The summed E-state index contributed by atoms with van der Waals surface area (Å²) in [6.45, 7) is 0. The van der Waals surface area contributed by atoms with E-state index in [2.05, 4.69) is 78.9 Å². The zero-order valence-corrected chi connectivity index (χ0v) is 26.6. The van der Waals surface area contributed by atoms with E-state index in [-0.39, 0.29) is 0 Å². The summed E-state index contributed by atoms with van der Waals surface area (Å²) in [7, 11) is 0. The van der Waals surface area contributed by atoms with Crippen LogP contribution in [0.3, 0.4) is 0 Å². The van der Waals surface area contributed by atoms with Gasteiger partial charge in [0.15, 0.2) is 17.5 Å². The fourth-order valence-electron chi connectivity index (χ4n) is 6.85. The first-order chi connectivity index (χ1) is 24.2. The average Bonchev–Trinajstić information content (AvgIpc) is 3.73. The molecule has 0 radical (unpaired) electrons. The molecular weight excluding hydrogens is 626 g/mol. The number of rotatable bonds is 4. The molecule has 0 fully saturated rings. The molecule has 0 aliphatic rings. The van der Waals surface area contributed by atoms with Gasteiger partial charge in [-0.1, -0.05) is 121 Å². The molecule has 7 aromatic carbocycles. The zero-order chi connectivity index (χ0) is 32.5. The van der Waals surface area contributed by atoms with Gasteiger partial charge in [-0.3, -0.25) is 0 Å². The third kappa shape index (κ3) is 4.51. The van der Waals surface area contributed by atoms with Crippen molar-refractivity contribution in [3.63, 3.8) is 0 Å². The molecule has 0 atom stereocenters. The van der Waals surface area contributed by atoms with Gasteiger partial charge in [0.1, 0.15) is 22.3 Å². The first-order valence-corrected chi connectivity index (χ1v) is 16.4. The Morgan fingerprint density at radius 3 is 1.94 bits per heavy atom. The number of para-hydroxylation sites is 3. The maximum absolute atomic E-state index is 7.01. The fraction of sp³-hybridized carbons (Fsp3) is 0.